The minimum atomic E-state index is 1.11. The molecule has 21 heavy (non-hydrogen) atoms. The number of hydrogen-bond acceptors (Lipinski definition) is 1. The second-order valence-corrected chi connectivity index (χ2v) is 5.69. The third-order valence-corrected chi connectivity index (χ3v) is 4.28. The van der Waals surface area contributed by atoms with E-state index in [0.717, 1.165) is 6.42 Å². The van der Waals surface area contributed by atoms with E-state index in [2.05, 4.69) is 88.2 Å². The van der Waals surface area contributed by atoms with Crippen LogP contribution in [0.1, 0.15) is 34.1 Å². The molecule has 110 valence electrons. The highest BCUT2D eigenvalue weighted by atomic mass is 15.1. The van der Waals surface area contributed by atoms with Crippen LogP contribution < -0.4 is 4.90 Å². The monoisotopic (exact) mass is 279 g/mol. The maximum atomic E-state index is 2.27. The van der Waals surface area contributed by atoms with Crippen LogP contribution in [0.5, 0.6) is 0 Å². The summed E-state index contributed by atoms with van der Waals surface area (Å²) in [6.07, 6.45) is 3.38. The van der Waals surface area contributed by atoms with Gasteiger partial charge in [0.2, 0.25) is 0 Å². The van der Waals surface area contributed by atoms with Crippen molar-refractivity contribution in [3.05, 3.63) is 65.4 Å². The molecular formula is C20H25N. The number of hydrogen-bond donors (Lipinski definition) is 0. The Morgan fingerprint density at radius 3 is 2.33 bits per heavy atom. The third kappa shape index (κ3) is 3.55. The molecule has 0 spiro atoms. The molecule has 0 aliphatic carbocycles. The lowest BCUT2D eigenvalue weighted by atomic mass is 10.1. The summed E-state index contributed by atoms with van der Waals surface area (Å²) < 4.78 is 0. The van der Waals surface area contributed by atoms with Gasteiger partial charge >= 0.3 is 0 Å². The molecule has 0 amide bonds. The average molecular weight is 279 g/mol. The largest absolute Gasteiger partial charge is 0.348 e. The highest BCUT2D eigenvalue weighted by molar-refractivity contribution is 5.86. The molecule has 0 aliphatic heterocycles. The quantitative estimate of drug-likeness (QED) is 0.627. The van der Waals surface area contributed by atoms with Crippen LogP contribution in [0.4, 0.5) is 5.69 Å². The smallest absolute Gasteiger partial charge is 0.0411 e. The van der Waals surface area contributed by atoms with E-state index in [-0.39, 0.29) is 0 Å². The van der Waals surface area contributed by atoms with E-state index in [1.54, 1.807) is 0 Å². The van der Waals surface area contributed by atoms with Crippen molar-refractivity contribution in [2.75, 3.05) is 11.9 Å². The third-order valence-electron chi connectivity index (χ3n) is 4.28. The fourth-order valence-corrected chi connectivity index (χ4v) is 2.40. The summed E-state index contributed by atoms with van der Waals surface area (Å²) in [6.45, 7) is 8.77. The fourth-order valence-electron chi connectivity index (χ4n) is 2.40. The van der Waals surface area contributed by atoms with Crippen molar-refractivity contribution in [1.82, 2.24) is 0 Å². The summed E-state index contributed by atoms with van der Waals surface area (Å²) in [5.74, 6) is 0. The molecule has 0 fully saturated rings. The van der Waals surface area contributed by atoms with Crippen molar-refractivity contribution in [3.8, 4) is 0 Å². The first-order valence-electron chi connectivity index (χ1n) is 7.60. The first kappa shape index (κ1) is 15.4. The van der Waals surface area contributed by atoms with Crippen LogP contribution in [0.25, 0.3) is 10.8 Å². The topological polar surface area (TPSA) is 3.24 Å². The molecule has 0 N–H and O–H groups in total. The van der Waals surface area contributed by atoms with Crippen molar-refractivity contribution in [3.63, 3.8) is 0 Å². The zero-order chi connectivity index (χ0) is 15.4. The van der Waals surface area contributed by atoms with Gasteiger partial charge in [0.05, 0.1) is 0 Å². The van der Waals surface area contributed by atoms with Crippen LogP contribution in [-0.4, -0.2) is 7.05 Å². The van der Waals surface area contributed by atoms with Crippen molar-refractivity contribution in [2.45, 2.75) is 34.1 Å². The van der Waals surface area contributed by atoms with Gasteiger partial charge in [-0.15, -0.1) is 0 Å². The highest BCUT2D eigenvalue weighted by Crippen LogP contribution is 2.24. The Morgan fingerprint density at radius 1 is 1.00 bits per heavy atom. The number of fused-ring (bicyclic) bond motifs is 1. The highest BCUT2D eigenvalue weighted by Gasteiger charge is 2.04. The molecule has 0 bridgehead atoms. The van der Waals surface area contributed by atoms with Gasteiger partial charge < -0.3 is 4.90 Å². The predicted octanol–water partition coefficient (Wildman–Crippen LogP) is 5.93. The molecule has 2 aromatic carbocycles. The lowest BCUT2D eigenvalue weighted by Crippen LogP contribution is -2.14. The minimum absolute atomic E-state index is 1.11. The van der Waals surface area contributed by atoms with E-state index >= 15 is 0 Å². The first-order valence-corrected chi connectivity index (χ1v) is 7.60. The van der Waals surface area contributed by atoms with E-state index in [1.165, 1.54) is 33.3 Å². The van der Waals surface area contributed by atoms with Gasteiger partial charge in [-0.25, -0.2) is 0 Å². The lowest BCUT2D eigenvalue weighted by Gasteiger charge is -2.21. The second-order valence-electron chi connectivity index (χ2n) is 5.69. The van der Waals surface area contributed by atoms with Gasteiger partial charge in [0.25, 0.3) is 0 Å². The van der Waals surface area contributed by atoms with E-state index in [4.69, 9.17) is 0 Å². The number of anilines is 1. The lowest BCUT2D eigenvalue weighted by molar-refractivity contribution is 1.05. The summed E-state index contributed by atoms with van der Waals surface area (Å²) in [6, 6.07) is 15.1. The SMILES string of the molecule is CC/C(C)=C(C)/C=C(/C)N(C)c1ccc2ccccc2c1. The summed E-state index contributed by atoms with van der Waals surface area (Å²) in [4.78, 5) is 2.25. The van der Waals surface area contributed by atoms with E-state index in [9.17, 15) is 0 Å². The molecule has 0 saturated carbocycles. The molecule has 0 aromatic heterocycles. The van der Waals surface area contributed by atoms with E-state index < -0.39 is 0 Å². The Morgan fingerprint density at radius 2 is 1.67 bits per heavy atom. The molecule has 0 aliphatic rings. The van der Waals surface area contributed by atoms with Crippen LogP contribution in [0.2, 0.25) is 0 Å². The second kappa shape index (κ2) is 6.62. The molecule has 0 atom stereocenters. The summed E-state index contributed by atoms with van der Waals surface area (Å²) in [5.41, 5.74) is 5.30. The van der Waals surface area contributed by atoms with Gasteiger partial charge in [0.15, 0.2) is 0 Å². The van der Waals surface area contributed by atoms with Crippen LogP contribution in [-0.2, 0) is 0 Å². The predicted molar refractivity (Wildman–Crippen MR) is 94.8 cm³/mol. The van der Waals surface area contributed by atoms with Gasteiger partial charge in [-0.2, -0.15) is 0 Å². The summed E-state index contributed by atoms with van der Waals surface area (Å²) in [5, 5.41) is 2.57. The standard InChI is InChI=1S/C20H25N/c1-6-15(2)16(3)13-17(4)21(5)20-12-11-18-9-7-8-10-19(18)14-20/h7-14H,6H2,1-5H3/b16-15+,17-13-. The van der Waals surface area contributed by atoms with Gasteiger partial charge in [-0.05, 0) is 56.2 Å². The number of benzene rings is 2. The minimum Gasteiger partial charge on any atom is -0.348 e. The van der Waals surface area contributed by atoms with Gasteiger partial charge in [0.1, 0.15) is 0 Å². The zero-order valence-electron chi connectivity index (χ0n) is 13.8. The molecule has 2 aromatic rings. The number of allylic oxidation sites excluding steroid dienone is 4. The molecule has 0 radical (unpaired) electrons. The molecule has 2 rings (SSSR count). The van der Waals surface area contributed by atoms with Crippen molar-refractivity contribution in [2.24, 2.45) is 0 Å². The Bertz CT molecular complexity index is 692. The van der Waals surface area contributed by atoms with E-state index in [0.29, 0.717) is 0 Å². The van der Waals surface area contributed by atoms with Crippen molar-refractivity contribution in [1.29, 1.82) is 0 Å². The summed E-state index contributed by atoms with van der Waals surface area (Å²) >= 11 is 0. The molecule has 0 unspecified atom stereocenters. The average Bonchev–Trinajstić information content (AvgIpc) is 2.52. The molecule has 1 nitrogen and oxygen atoms in total. The Kier molecular flexibility index (Phi) is 4.85. The first-order chi connectivity index (χ1) is 10.0. The van der Waals surface area contributed by atoms with Crippen LogP contribution in [0, 0.1) is 0 Å². The Hall–Kier alpha value is -2.02. The number of nitrogens with zero attached hydrogens (tertiary/aromatic N) is 1. The van der Waals surface area contributed by atoms with Gasteiger partial charge in [-0.3, -0.25) is 0 Å². The number of rotatable bonds is 4. The van der Waals surface area contributed by atoms with Gasteiger partial charge in [-0.1, -0.05) is 48.4 Å². The fraction of sp³-hybridized carbons (Fsp3) is 0.300. The maximum absolute atomic E-state index is 2.27. The molecular weight excluding hydrogens is 254 g/mol. The molecule has 1 heteroatoms. The van der Waals surface area contributed by atoms with E-state index in [1.807, 2.05) is 0 Å². The molecule has 0 heterocycles. The van der Waals surface area contributed by atoms with Crippen LogP contribution in [0.15, 0.2) is 65.4 Å². The Balaban J connectivity index is 2.33. The maximum Gasteiger partial charge on any atom is 0.0411 e. The van der Waals surface area contributed by atoms with Crippen LogP contribution >= 0.6 is 0 Å². The van der Waals surface area contributed by atoms with Crippen molar-refractivity contribution < 1.29 is 0 Å². The van der Waals surface area contributed by atoms with Crippen molar-refractivity contribution >= 4 is 16.5 Å². The summed E-state index contributed by atoms with van der Waals surface area (Å²) in [7, 11) is 2.13. The Labute approximate surface area is 128 Å². The zero-order valence-corrected chi connectivity index (χ0v) is 13.8. The van der Waals surface area contributed by atoms with Gasteiger partial charge in [0, 0.05) is 18.4 Å². The van der Waals surface area contributed by atoms with Crippen LogP contribution in [0.3, 0.4) is 0 Å². The molecule has 0 saturated heterocycles. The normalized spacial score (nSPS) is 13.3.